The number of nitro groups is 1. The predicted octanol–water partition coefficient (Wildman–Crippen LogP) is 1.92. The summed E-state index contributed by atoms with van der Waals surface area (Å²) in [4.78, 5) is 11.7. The molecule has 86 valence electrons. The Morgan fingerprint density at radius 1 is 1.62 bits per heavy atom. The number of hydrogen-bond acceptors (Lipinski definition) is 5. The lowest BCUT2D eigenvalue weighted by atomic mass is 10.3. The van der Waals surface area contributed by atoms with Gasteiger partial charge < -0.3 is 4.42 Å². The molecule has 6 heteroatoms. The van der Waals surface area contributed by atoms with E-state index < -0.39 is 4.92 Å². The Balaban J connectivity index is 2.70. The molecule has 0 saturated carbocycles. The van der Waals surface area contributed by atoms with Crippen LogP contribution in [-0.2, 0) is 6.54 Å². The molecule has 0 fully saturated rings. The molecule has 16 heavy (non-hydrogen) atoms. The van der Waals surface area contributed by atoms with Gasteiger partial charge in [-0.25, -0.2) is 0 Å². The number of nitriles is 1. The van der Waals surface area contributed by atoms with Crippen molar-refractivity contribution in [1.29, 1.82) is 5.26 Å². The Kier molecular flexibility index (Phi) is 4.03. The molecule has 1 aromatic heterocycles. The summed E-state index contributed by atoms with van der Waals surface area (Å²) in [5, 5.41) is 19.0. The predicted molar refractivity (Wildman–Crippen MR) is 56.5 cm³/mol. The highest BCUT2D eigenvalue weighted by Crippen LogP contribution is 2.17. The highest BCUT2D eigenvalue weighted by atomic mass is 16.6. The Morgan fingerprint density at radius 3 is 2.75 bits per heavy atom. The first-order valence-electron chi connectivity index (χ1n) is 4.88. The second-order valence-electron chi connectivity index (χ2n) is 3.65. The fourth-order valence-electron chi connectivity index (χ4n) is 1.26. The largest absolute Gasteiger partial charge is 0.433 e. The van der Waals surface area contributed by atoms with Crippen LogP contribution in [0.25, 0.3) is 0 Å². The minimum Gasteiger partial charge on any atom is -0.404 e. The van der Waals surface area contributed by atoms with Crippen LogP contribution in [0.5, 0.6) is 0 Å². The second-order valence-corrected chi connectivity index (χ2v) is 3.65. The van der Waals surface area contributed by atoms with Crippen LogP contribution in [0.2, 0.25) is 0 Å². The smallest absolute Gasteiger partial charge is 0.404 e. The number of rotatable bonds is 5. The van der Waals surface area contributed by atoms with E-state index in [1.165, 1.54) is 6.07 Å². The van der Waals surface area contributed by atoms with Crippen LogP contribution in [-0.4, -0.2) is 22.4 Å². The molecule has 0 amide bonds. The van der Waals surface area contributed by atoms with Gasteiger partial charge in [0.15, 0.2) is 0 Å². The molecule has 1 rings (SSSR count). The molecule has 0 aliphatic heterocycles. The minimum absolute atomic E-state index is 0.184. The molecular formula is C10H13N3O3. The highest BCUT2D eigenvalue weighted by molar-refractivity contribution is 5.17. The maximum Gasteiger partial charge on any atom is 0.433 e. The highest BCUT2D eigenvalue weighted by Gasteiger charge is 2.15. The lowest BCUT2D eigenvalue weighted by Crippen LogP contribution is -2.30. The van der Waals surface area contributed by atoms with Gasteiger partial charge in [0.2, 0.25) is 0 Å². The Hall–Kier alpha value is -1.87. The first-order chi connectivity index (χ1) is 7.54. The van der Waals surface area contributed by atoms with Gasteiger partial charge in [-0.2, -0.15) is 5.26 Å². The van der Waals surface area contributed by atoms with Crippen molar-refractivity contribution in [3.8, 4) is 6.07 Å². The normalized spacial score (nSPS) is 10.7. The molecule has 0 N–H and O–H groups in total. The van der Waals surface area contributed by atoms with Crippen molar-refractivity contribution in [3.63, 3.8) is 0 Å². The molecule has 0 radical (unpaired) electrons. The van der Waals surface area contributed by atoms with E-state index in [-0.39, 0.29) is 18.5 Å². The molecule has 0 unspecified atom stereocenters. The van der Waals surface area contributed by atoms with E-state index in [1.807, 2.05) is 24.8 Å². The topological polar surface area (TPSA) is 83.3 Å². The van der Waals surface area contributed by atoms with Crippen molar-refractivity contribution >= 4 is 5.88 Å². The third-order valence-electron chi connectivity index (χ3n) is 2.19. The maximum atomic E-state index is 10.4. The van der Waals surface area contributed by atoms with Gasteiger partial charge in [-0.05, 0) is 19.9 Å². The Labute approximate surface area is 93.2 Å². The van der Waals surface area contributed by atoms with Crippen LogP contribution < -0.4 is 0 Å². The van der Waals surface area contributed by atoms with Crippen molar-refractivity contribution < 1.29 is 9.34 Å². The molecule has 0 aliphatic carbocycles. The van der Waals surface area contributed by atoms with Crippen molar-refractivity contribution in [2.75, 3.05) is 6.54 Å². The molecule has 1 aromatic rings. The summed E-state index contributed by atoms with van der Waals surface area (Å²) in [7, 11) is 0. The van der Waals surface area contributed by atoms with E-state index in [9.17, 15) is 10.1 Å². The molecule has 0 spiro atoms. The summed E-state index contributed by atoms with van der Waals surface area (Å²) in [6.45, 7) is 4.58. The SMILES string of the molecule is CC(C)N(CC#N)Cc1ccc([N+](=O)[O-])o1. The summed E-state index contributed by atoms with van der Waals surface area (Å²) < 4.78 is 5.02. The summed E-state index contributed by atoms with van der Waals surface area (Å²) in [5.41, 5.74) is 0. The van der Waals surface area contributed by atoms with Crippen LogP contribution in [0.15, 0.2) is 16.5 Å². The third kappa shape index (κ3) is 3.07. The molecule has 6 nitrogen and oxygen atoms in total. The summed E-state index contributed by atoms with van der Waals surface area (Å²) >= 11 is 0. The number of furan rings is 1. The number of nitrogens with zero attached hydrogens (tertiary/aromatic N) is 3. The van der Waals surface area contributed by atoms with Crippen LogP contribution in [0, 0.1) is 21.4 Å². The van der Waals surface area contributed by atoms with Crippen molar-refractivity contribution in [1.82, 2.24) is 4.90 Å². The lowest BCUT2D eigenvalue weighted by molar-refractivity contribution is -0.402. The van der Waals surface area contributed by atoms with Gasteiger partial charge >= 0.3 is 5.88 Å². The zero-order chi connectivity index (χ0) is 12.1. The molecule has 0 saturated heterocycles. The monoisotopic (exact) mass is 223 g/mol. The van der Waals surface area contributed by atoms with Crippen molar-refractivity contribution in [3.05, 3.63) is 28.0 Å². The molecule has 0 aromatic carbocycles. The minimum atomic E-state index is -0.576. The van der Waals surface area contributed by atoms with Crippen LogP contribution in [0.3, 0.4) is 0 Å². The van der Waals surface area contributed by atoms with E-state index in [0.29, 0.717) is 12.3 Å². The van der Waals surface area contributed by atoms with Gasteiger partial charge in [0, 0.05) is 6.04 Å². The number of hydrogen-bond donors (Lipinski definition) is 0. The zero-order valence-corrected chi connectivity index (χ0v) is 9.21. The second kappa shape index (κ2) is 5.28. The van der Waals surface area contributed by atoms with Gasteiger partial charge in [0.1, 0.15) is 10.7 Å². The van der Waals surface area contributed by atoms with E-state index in [4.69, 9.17) is 9.68 Å². The third-order valence-corrected chi connectivity index (χ3v) is 2.19. The maximum absolute atomic E-state index is 10.4. The van der Waals surface area contributed by atoms with Gasteiger partial charge in [-0.1, -0.05) is 0 Å². The van der Waals surface area contributed by atoms with Gasteiger partial charge in [0.25, 0.3) is 0 Å². The quantitative estimate of drug-likeness (QED) is 0.432. The molecule has 0 bridgehead atoms. The fourth-order valence-corrected chi connectivity index (χ4v) is 1.26. The van der Waals surface area contributed by atoms with E-state index in [2.05, 4.69) is 0 Å². The van der Waals surface area contributed by atoms with Crippen LogP contribution >= 0.6 is 0 Å². The lowest BCUT2D eigenvalue weighted by Gasteiger charge is -2.21. The molecule has 1 heterocycles. The summed E-state index contributed by atoms with van der Waals surface area (Å²) in [6, 6.07) is 5.11. The Morgan fingerprint density at radius 2 is 2.31 bits per heavy atom. The first kappa shape index (κ1) is 12.2. The van der Waals surface area contributed by atoms with Gasteiger partial charge in [-0.15, -0.1) is 0 Å². The van der Waals surface area contributed by atoms with Crippen molar-refractivity contribution in [2.24, 2.45) is 0 Å². The van der Waals surface area contributed by atoms with Crippen LogP contribution in [0.1, 0.15) is 19.6 Å². The van der Waals surface area contributed by atoms with Crippen molar-refractivity contribution in [2.45, 2.75) is 26.4 Å². The Bertz CT molecular complexity index is 406. The van der Waals surface area contributed by atoms with Crippen LogP contribution in [0.4, 0.5) is 5.88 Å². The summed E-state index contributed by atoms with van der Waals surface area (Å²) in [5.74, 6) is 0.228. The summed E-state index contributed by atoms with van der Waals surface area (Å²) in [6.07, 6.45) is 0. The molecule has 0 atom stereocenters. The zero-order valence-electron chi connectivity index (χ0n) is 9.21. The first-order valence-corrected chi connectivity index (χ1v) is 4.88. The van der Waals surface area contributed by atoms with Gasteiger partial charge in [-0.3, -0.25) is 15.0 Å². The standard InChI is InChI=1S/C10H13N3O3/c1-8(2)12(6-5-11)7-9-3-4-10(16-9)13(14)15/h3-4,8H,6-7H2,1-2H3. The van der Waals surface area contributed by atoms with E-state index >= 15 is 0 Å². The average molecular weight is 223 g/mol. The fraction of sp³-hybridized carbons (Fsp3) is 0.500. The molecular weight excluding hydrogens is 210 g/mol. The average Bonchev–Trinajstić information content (AvgIpc) is 2.65. The van der Waals surface area contributed by atoms with E-state index in [0.717, 1.165) is 0 Å². The van der Waals surface area contributed by atoms with Gasteiger partial charge in [0.05, 0.1) is 25.2 Å². The molecule has 0 aliphatic rings. The van der Waals surface area contributed by atoms with E-state index in [1.54, 1.807) is 6.07 Å².